The summed E-state index contributed by atoms with van der Waals surface area (Å²) in [5, 5.41) is 3.35. The fourth-order valence-corrected chi connectivity index (χ4v) is 2.17. The quantitative estimate of drug-likeness (QED) is 0.456. The van der Waals surface area contributed by atoms with Crippen molar-refractivity contribution < 1.29 is 4.74 Å². The van der Waals surface area contributed by atoms with Gasteiger partial charge in [-0.25, -0.2) is 4.99 Å². The minimum Gasteiger partial charge on any atom is -0.379 e. The molecule has 1 aromatic carbocycles. The first-order chi connectivity index (χ1) is 10.7. The topological polar surface area (TPSA) is 36.9 Å². The molecule has 1 saturated carbocycles. The second kappa shape index (κ2) is 8.79. The van der Waals surface area contributed by atoms with Gasteiger partial charge in [0, 0.05) is 26.7 Å². The summed E-state index contributed by atoms with van der Waals surface area (Å²) in [5.41, 5.74) is 2.52. The Morgan fingerprint density at radius 1 is 1.32 bits per heavy atom. The van der Waals surface area contributed by atoms with Crippen molar-refractivity contribution in [3.8, 4) is 0 Å². The van der Waals surface area contributed by atoms with Crippen LogP contribution in [0.15, 0.2) is 29.3 Å². The highest BCUT2D eigenvalue weighted by Crippen LogP contribution is 2.28. The highest BCUT2D eigenvalue weighted by molar-refractivity contribution is 5.79. The molecular weight excluding hydrogens is 274 g/mol. The second-order valence-electron chi connectivity index (χ2n) is 6.10. The number of nitrogens with zero attached hydrogens (tertiary/aromatic N) is 2. The van der Waals surface area contributed by atoms with Gasteiger partial charge in [-0.15, -0.1) is 0 Å². The molecule has 0 heterocycles. The summed E-state index contributed by atoms with van der Waals surface area (Å²) in [4.78, 5) is 6.86. The van der Waals surface area contributed by atoms with Gasteiger partial charge in [0.15, 0.2) is 5.96 Å². The molecule has 4 heteroatoms. The lowest BCUT2D eigenvalue weighted by molar-refractivity contribution is 0.115. The van der Waals surface area contributed by atoms with Gasteiger partial charge >= 0.3 is 0 Å². The average Bonchev–Trinajstić information content (AvgIpc) is 3.33. The van der Waals surface area contributed by atoms with Crippen LogP contribution in [-0.2, 0) is 11.3 Å². The molecular formula is C18H29N3O. The van der Waals surface area contributed by atoms with Gasteiger partial charge in [-0.05, 0) is 38.2 Å². The Morgan fingerprint density at radius 2 is 2.05 bits per heavy atom. The third kappa shape index (κ3) is 6.06. The van der Waals surface area contributed by atoms with E-state index in [0.29, 0.717) is 6.54 Å². The van der Waals surface area contributed by atoms with Crippen LogP contribution < -0.4 is 5.32 Å². The average molecular weight is 303 g/mol. The number of hydrogen-bond acceptors (Lipinski definition) is 2. The maximum atomic E-state index is 5.71. The van der Waals surface area contributed by atoms with E-state index in [-0.39, 0.29) is 0 Å². The zero-order valence-electron chi connectivity index (χ0n) is 14.1. The molecule has 22 heavy (non-hydrogen) atoms. The zero-order valence-corrected chi connectivity index (χ0v) is 14.1. The number of likely N-dealkylation sites (N-methyl/N-ethyl adjacent to an activating group) is 1. The van der Waals surface area contributed by atoms with Crippen LogP contribution in [0.4, 0.5) is 0 Å². The van der Waals surface area contributed by atoms with Crippen LogP contribution in [-0.4, -0.2) is 44.2 Å². The Kier molecular flexibility index (Phi) is 6.72. The molecule has 1 fully saturated rings. The van der Waals surface area contributed by atoms with Crippen molar-refractivity contribution in [2.75, 3.05) is 33.4 Å². The van der Waals surface area contributed by atoms with E-state index in [1.54, 1.807) is 0 Å². The van der Waals surface area contributed by atoms with E-state index >= 15 is 0 Å². The number of aryl methyl sites for hydroxylation is 1. The number of aliphatic imine (C=N–C) groups is 1. The van der Waals surface area contributed by atoms with Crippen molar-refractivity contribution in [2.24, 2.45) is 10.9 Å². The van der Waals surface area contributed by atoms with Crippen molar-refractivity contribution in [1.29, 1.82) is 0 Å². The number of rotatable bonds is 8. The van der Waals surface area contributed by atoms with Crippen molar-refractivity contribution in [1.82, 2.24) is 10.2 Å². The van der Waals surface area contributed by atoms with Crippen molar-refractivity contribution >= 4 is 5.96 Å². The van der Waals surface area contributed by atoms with Gasteiger partial charge in [-0.1, -0.05) is 29.8 Å². The standard InChI is InChI=1S/C18H29N3O/c1-4-19-18(20-13-16-7-5-15(2)6-8-16)21(3)11-12-22-14-17-9-10-17/h5-8,17H,4,9-14H2,1-3H3,(H,19,20). The molecule has 1 N–H and O–H groups in total. The number of benzene rings is 1. The lowest BCUT2D eigenvalue weighted by Crippen LogP contribution is -2.40. The van der Waals surface area contributed by atoms with E-state index in [4.69, 9.17) is 9.73 Å². The van der Waals surface area contributed by atoms with Gasteiger partial charge in [0.1, 0.15) is 0 Å². The van der Waals surface area contributed by atoms with Gasteiger partial charge in [-0.3, -0.25) is 0 Å². The minimum atomic E-state index is 0.704. The minimum absolute atomic E-state index is 0.704. The van der Waals surface area contributed by atoms with Crippen LogP contribution >= 0.6 is 0 Å². The number of hydrogen-bond donors (Lipinski definition) is 1. The van der Waals surface area contributed by atoms with E-state index < -0.39 is 0 Å². The summed E-state index contributed by atoms with van der Waals surface area (Å²) < 4.78 is 5.71. The smallest absolute Gasteiger partial charge is 0.194 e. The number of ether oxygens (including phenoxy) is 1. The van der Waals surface area contributed by atoms with E-state index in [1.165, 1.54) is 24.0 Å². The molecule has 1 aliphatic rings. The summed E-state index contributed by atoms with van der Waals surface area (Å²) in [6, 6.07) is 8.54. The summed E-state index contributed by atoms with van der Waals surface area (Å²) in [5.74, 6) is 1.77. The summed E-state index contributed by atoms with van der Waals surface area (Å²) in [6.45, 7) is 8.33. The molecule has 0 spiro atoms. The van der Waals surface area contributed by atoms with Gasteiger partial charge in [0.2, 0.25) is 0 Å². The lowest BCUT2D eigenvalue weighted by atomic mass is 10.1. The van der Waals surface area contributed by atoms with Gasteiger partial charge < -0.3 is 15.0 Å². The van der Waals surface area contributed by atoms with Crippen LogP contribution in [0.25, 0.3) is 0 Å². The van der Waals surface area contributed by atoms with Crippen molar-refractivity contribution in [3.63, 3.8) is 0 Å². The molecule has 4 nitrogen and oxygen atoms in total. The predicted octanol–water partition coefficient (Wildman–Crippen LogP) is 2.82. The van der Waals surface area contributed by atoms with Gasteiger partial charge in [0.25, 0.3) is 0 Å². The third-order valence-electron chi connectivity index (χ3n) is 3.85. The molecule has 0 amide bonds. The van der Waals surface area contributed by atoms with Crippen LogP contribution in [0.2, 0.25) is 0 Å². The van der Waals surface area contributed by atoms with E-state index in [9.17, 15) is 0 Å². The Bertz CT molecular complexity index is 466. The van der Waals surface area contributed by atoms with Crippen molar-refractivity contribution in [2.45, 2.75) is 33.2 Å². The van der Waals surface area contributed by atoms with Gasteiger partial charge in [0.05, 0.1) is 13.2 Å². The van der Waals surface area contributed by atoms with Gasteiger partial charge in [-0.2, -0.15) is 0 Å². The zero-order chi connectivity index (χ0) is 15.8. The van der Waals surface area contributed by atoms with Crippen LogP contribution in [0.3, 0.4) is 0 Å². The molecule has 122 valence electrons. The SMILES string of the molecule is CCNC(=NCc1ccc(C)cc1)N(C)CCOCC1CC1. The lowest BCUT2D eigenvalue weighted by Gasteiger charge is -2.22. The highest BCUT2D eigenvalue weighted by atomic mass is 16.5. The summed E-state index contributed by atoms with van der Waals surface area (Å²) >= 11 is 0. The molecule has 0 atom stereocenters. The van der Waals surface area contributed by atoms with Crippen LogP contribution in [0.1, 0.15) is 30.9 Å². The first kappa shape index (κ1) is 16.8. The van der Waals surface area contributed by atoms with E-state index in [2.05, 4.69) is 55.4 Å². The maximum Gasteiger partial charge on any atom is 0.194 e. The third-order valence-corrected chi connectivity index (χ3v) is 3.85. The summed E-state index contributed by atoms with van der Waals surface area (Å²) in [7, 11) is 2.07. The normalized spacial score (nSPS) is 15.0. The molecule has 0 unspecified atom stereocenters. The Hall–Kier alpha value is -1.55. The Labute approximate surface area is 134 Å². The number of nitrogens with one attached hydrogen (secondary N) is 1. The fourth-order valence-electron chi connectivity index (χ4n) is 2.17. The van der Waals surface area contributed by atoms with Crippen LogP contribution in [0, 0.1) is 12.8 Å². The summed E-state index contributed by atoms with van der Waals surface area (Å²) in [6.07, 6.45) is 2.69. The monoisotopic (exact) mass is 303 g/mol. The molecule has 0 bridgehead atoms. The molecule has 2 rings (SSSR count). The molecule has 1 aliphatic carbocycles. The Balaban J connectivity index is 1.80. The second-order valence-corrected chi connectivity index (χ2v) is 6.10. The first-order valence-corrected chi connectivity index (χ1v) is 8.31. The first-order valence-electron chi connectivity index (χ1n) is 8.31. The van der Waals surface area contributed by atoms with Crippen molar-refractivity contribution in [3.05, 3.63) is 35.4 Å². The largest absolute Gasteiger partial charge is 0.379 e. The molecule has 1 aromatic rings. The highest BCUT2D eigenvalue weighted by Gasteiger charge is 2.21. The molecule has 0 radical (unpaired) electrons. The van der Waals surface area contributed by atoms with E-state index in [1.807, 2.05) is 0 Å². The predicted molar refractivity (Wildman–Crippen MR) is 92.2 cm³/mol. The van der Waals surface area contributed by atoms with Crippen LogP contribution in [0.5, 0.6) is 0 Å². The fraction of sp³-hybridized carbons (Fsp3) is 0.611. The molecule has 0 saturated heterocycles. The van der Waals surface area contributed by atoms with E-state index in [0.717, 1.165) is 38.2 Å². The number of guanidine groups is 1. The maximum absolute atomic E-state index is 5.71. The molecule has 0 aromatic heterocycles. The Morgan fingerprint density at radius 3 is 2.68 bits per heavy atom. The molecule has 0 aliphatic heterocycles.